The molecule has 9 heteroatoms. The molecule has 3 heterocycles. The van der Waals surface area contributed by atoms with Gasteiger partial charge in [0.05, 0.1) is 24.2 Å². The minimum absolute atomic E-state index is 0.156. The second kappa shape index (κ2) is 6.60. The van der Waals surface area contributed by atoms with Crippen LogP contribution in [0.15, 0.2) is 43.1 Å². The highest BCUT2D eigenvalue weighted by Gasteiger charge is 2.19. The molecule has 0 radical (unpaired) electrons. The predicted octanol–water partition coefficient (Wildman–Crippen LogP) is 2.77. The lowest BCUT2D eigenvalue weighted by atomic mass is 9.96. The predicted molar refractivity (Wildman–Crippen MR) is 99.9 cm³/mol. The summed E-state index contributed by atoms with van der Waals surface area (Å²) < 4.78 is 15.0. The Hall–Kier alpha value is -3.62. The number of nitrogens with one attached hydrogen (secondary N) is 1. The maximum atomic E-state index is 13.2. The number of rotatable bonds is 4. The minimum Gasteiger partial charge on any atom is -0.368 e. The highest BCUT2D eigenvalue weighted by Crippen LogP contribution is 2.33. The molecule has 0 bridgehead atoms. The molecule has 0 saturated carbocycles. The van der Waals surface area contributed by atoms with E-state index in [0.717, 1.165) is 23.3 Å². The van der Waals surface area contributed by atoms with Crippen molar-refractivity contribution < 1.29 is 4.39 Å². The molecule has 0 aliphatic rings. The van der Waals surface area contributed by atoms with Gasteiger partial charge >= 0.3 is 0 Å². The first-order chi connectivity index (χ1) is 13.0. The fourth-order valence-corrected chi connectivity index (χ4v) is 2.96. The van der Waals surface area contributed by atoms with Crippen LogP contribution >= 0.6 is 0 Å². The summed E-state index contributed by atoms with van der Waals surface area (Å²) in [5, 5.41) is 3.99. The number of anilines is 3. The van der Waals surface area contributed by atoms with Crippen LogP contribution in [0.25, 0.3) is 10.9 Å². The van der Waals surface area contributed by atoms with Crippen molar-refractivity contribution in [3.63, 3.8) is 0 Å². The van der Waals surface area contributed by atoms with E-state index in [1.807, 2.05) is 42.9 Å². The molecular formula is C18H17FN8. The van der Waals surface area contributed by atoms with Gasteiger partial charge in [-0.25, -0.2) is 24.3 Å². The molecule has 4 aromatic rings. The normalized spacial score (nSPS) is 12.3. The Morgan fingerprint density at radius 3 is 2.63 bits per heavy atom. The van der Waals surface area contributed by atoms with Crippen LogP contribution in [-0.2, 0) is 7.05 Å². The van der Waals surface area contributed by atoms with E-state index in [1.54, 1.807) is 6.33 Å². The molecular weight excluding hydrogens is 347 g/mol. The van der Waals surface area contributed by atoms with Crippen LogP contribution < -0.4 is 11.1 Å². The molecule has 1 atom stereocenters. The molecule has 0 amide bonds. The molecule has 136 valence electrons. The van der Waals surface area contributed by atoms with Crippen molar-refractivity contribution in [2.24, 2.45) is 7.05 Å². The number of imidazole rings is 1. The van der Waals surface area contributed by atoms with Gasteiger partial charge in [0.1, 0.15) is 17.5 Å². The van der Waals surface area contributed by atoms with E-state index in [9.17, 15) is 4.39 Å². The molecule has 0 unspecified atom stereocenters. The zero-order valence-corrected chi connectivity index (χ0v) is 14.8. The zero-order chi connectivity index (χ0) is 19.0. The molecule has 8 nitrogen and oxygen atoms in total. The Balaban J connectivity index is 1.86. The first-order valence-corrected chi connectivity index (χ1v) is 8.30. The summed E-state index contributed by atoms with van der Waals surface area (Å²) in [5.41, 5.74) is 7.47. The van der Waals surface area contributed by atoms with Crippen molar-refractivity contribution in [2.75, 3.05) is 11.1 Å². The van der Waals surface area contributed by atoms with Crippen LogP contribution in [-0.4, -0.2) is 29.5 Å². The zero-order valence-electron chi connectivity index (χ0n) is 14.8. The van der Waals surface area contributed by atoms with Gasteiger partial charge in [0.2, 0.25) is 5.95 Å². The van der Waals surface area contributed by atoms with Gasteiger partial charge in [-0.2, -0.15) is 4.98 Å². The van der Waals surface area contributed by atoms with Crippen molar-refractivity contribution in [1.29, 1.82) is 0 Å². The fraction of sp³-hybridized carbons (Fsp3) is 0.167. The van der Waals surface area contributed by atoms with Crippen LogP contribution in [0.4, 0.5) is 22.0 Å². The van der Waals surface area contributed by atoms with Crippen LogP contribution in [0.1, 0.15) is 24.2 Å². The van der Waals surface area contributed by atoms with E-state index < -0.39 is 5.82 Å². The largest absolute Gasteiger partial charge is 0.368 e. The summed E-state index contributed by atoms with van der Waals surface area (Å²) in [4.78, 5) is 21.2. The highest BCUT2D eigenvalue weighted by molar-refractivity contribution is 5.94. The molecule has 0 aliphatic carbocycles. The highest BCUT2D eigenvalue weighted by atomic mass is 19.1. The summed E-state index contributed by atoms with van der Waals surface area (Å²) >= 11 is 0. The van der Waals surface area contributed by atoms with Gasteiger partial charge in [-0.15, -0.1) is 0 Å². The maximum absolute atomic E-state index is 13.2. The number of benzene rings is 1. The van der Waals surface area contributed by atoms with E-state index in [0.29, 0.717) is 23.0 Å². The summed E-state index contributed by atoms with van der Waals surface area (Å²) in [6.07, 6.45) is 5.83. The Kier molecular flexibility index (Phi) is 4.11. The minimum atomic E-state index is -0.475. The number of nitrogens with two attached hydrogens (primary N) is 1. The number of hydrogen-bond donors (Lipinski definition) is 2. The van der Waals surface area contributed by atoms with Crippen LogP contribution in [0, 0.1) is 5.82 Å². The monoisotopic (exact) mass is 364 g/mol. The number of nitrogens with zero attached hydrogens (tertiary/aromatic N) is 6. The smallest absolute Gasteiger partial charge is 0.222 e. The Morgan fingerprint density at radius 2 is 1.93 bits per heavy atom. The fourth-order valence-electron chi connectivity index (χ4n) is 2.96. The number of aryl methyl sites for hydroxylation is 1. The van der Waals surface area contributed by atoms with E-state index in [4.69, 9.17) is 5.73 Å². The SMILES string of the molecule is C[C@H](c1ncc(F)cn1)c1cccc2nc(N)nc(Nc3cn(C)cn3)c12. The Labute approximate surface area is 154 Å². The Morgan fingerprint density at radius 1 is 1.15 bits per heavy atom. The first kappa shape index (κ1) is 16.8. The van der Waals surface area contributed by atoms with Gasteiger partial charge in [0, 0.05) is 24.5 Å². The summed E-state index contributed by atoms with van der Waals surface area (Å²) in [6.45, 7) is 1.95. The lowest BCUT2D eigenvalue weighted by Crippen LogP contribution is -2.07. The maximum Gasteiger partial charge on any atom is 0.222 e. The number of halogens is 1. The van der Waals surface area contributed by atoms with E-state index in [2.05, 4.69) is 30.2 Å². The number of fused-ring (bicyclic) bond motifs is 1. The third-order valence-electron chi connectivity index (χ3n) is 4.22. The van der Waals surface area contributed by atoms with E-state index in [-0.39, 0.29) is 11.9 Å². The van der Waals surface area contributed by atoms with Gasteiger partial charge < -0.3 is 15.6 Å². The summed E-state index contributed by atoms with van der Waals surface area (Å²) in [7, 11) is 1.88. The molecule has 27 heavy (non-hydrogen) atoms. The lowest BCUT2D eigenvalue weighted by Gasteiger charge is -2.16. The van der Waals surface area contributed by atoms with Crippen molar-refractivity contribution in [3.05, 3.63) is 60.3 Å². The summed E-state index contributed by atoms with van der Waals surface area (Å²) in [6, 6.07) is 5.69. The molecule has 4 rings (SSSR count). The molecule has 0 saturated heterocycles. The third-order valence-corrected chi connectivity index (χ3v) is 4.22. The second-order valence-corrected chi connectivity index (χ2v) is 6.20. The van der Waals surface area contributed by atoms with Crippen molar-refractivity contribution in [3.8, 4) is 0 Å². The van der Waals surface area contributed by atoms with Crippen molar-refractivity contribution in [2.45, 2.75) is 12.8 Å². The molecule has 3 aromatic heterocycles. The van der Waals surface area contributed by atoms with Crippen LogP contribution in [0.3, 0.4) is 0 Å². The van der Waals surface area contributed by atoms with E-state index >= 15 is 0 Å². The standard InChI is InChI=1S/C18H17FN8/c1-10(16-21-6-11(19)7-22-16)12-4-3-5-13-15(12)17(26-18(20)24-13)25-14-8-27(2)9-23-14/h3-10H,1-2H3,(H3,20,24,25,26)/t10-/m0/s1. The van der Waals surface area contributed by atoms with Gasteiger partial charge in [0.25, 0.3) is 0 Å². The second-order valence-electron chi connectivity index (χ2n) is 6.20. The summed E-state index contributed by atoms with van der Waals surface area (Å²) in [5.74, 6) is 1.16. The first-order valence-electron chi connectivity index (χ1n) is 8.30. The number of nitrogen functional groups attached to an aromatic ring is 1. The quantitative estimate of drug-likeness (QED) is 0.573. The average Bonchev–Trinajstić information content (AvgIpc) is 3.05. The van der Waals surface area contributed by atoms with Gasteiger partial charge in [0.15, 0.2) is 5.82 Å². The van der Waals surface area contributed by atoms with Crippen LogP contribution in [0.2, 0.25) is 0 Å². The third kappa shape index (κ3) is 3.26. The topological polar surface area (TPSA) is 107 Å². The van der Waals surface area contributed by atoms with E-state index in [1.165, 1.54) is 0 Å². The lowest BCUT2D eigenvalue weighted by molar-refractivity contribution is 0.606. The average molecular weight is 364 g/mol. The van der Waals surface area contributed by atoms with Gasteiger partial charge in [-0.3, -0.25) is 0 Å². The number of hydrogen-bond acceptors (Lipinski definition) is 7. The Bertz CT molecular complexity index is 1110. The molecule has 0 aliphatic heterocycles. The molecule has 3 N–H and O–H groups in total. The van der Waals surface area contributed by atoms with Gasteiger partial charge in [-0.1, -0.05) is 19.1 Å². The van der Waals surface area contributed by atoms with Crippen LogP contribution in [0.5, 0.6) is 0 Å². The molecule has 0 spiro atoms. The van der Waals surface area contributed by atoms with Crippen molar-refractivity contribution >= 4 is 28.5 Å². The van der Waals surface area contributed by atoms with Crippen molar-refractivity contribution in [1.82, 2.24) is 29.5 Å². The molecule has 0 fully saturated rings. The number of aromatic nitrogens is 6. The molecule has 1 aromatic carbocycles. The van der Waals surface area contributed by atoms with Gasteiger partial charge in [-0.05, 0) is 11.6 Å².